The molecule has 0 saturated heterocycles. The SMILES string of the molecule is CCCCCN(CC1CCCC1N)C(C)C. The second-order valence-corrected chi connectivity index (χ2v) is 5.65. The summed E-state index contributed by atoms with van der Waals surface area (Å²) in [6.45, 7) is 9.38. The van der Waals surface area contributed by atoms with Gasteiger partial charge in [-0.3, -0.25) is 0 Å². The molecule has 0 aromatic rings. The first-order valence-corrected chi connectivity index (χ1v) is 7.14. The van der Waals surface area contributed by atoms with E-state index in [1.165, 1.54) is 51.6 Å². The van der Waals surface area contributed by atoms with Crippen LogP contribution in [0, 0.1) is 5.92 Å². The van der Waals surface area contributed by atoms with Gasteiger partial charge >= 0.3 is 0 Å². The van der Waals surface area contributed by atoms with Crippen molar-refractivity contribution in [3.63, 3.8) is 0 Å². The number of nitrogens with zero attached hydrogens (tertiary/aromatic N) is 1. The van der Waals surface area contributed by atoms with Gasteiger partial charge in [-0.25, -0.2) is 0 Å². The first-order chi connectivity index (χ1) is 7.65. The van der Waals surface area contributed by atoms with Crippen LogP contribution in [0.1, 0.15) is 59.3 Å². The van der Waals surface area contributed by atoms with Gasteiger partial charge in [0.2, 0.25) is 0 Å². The van der Waals surface area contributed by atoms with Crippen LogP contribution in [0.3, 0.4) is 0 Å². The Balaban J connectivity index is 2.32. The van der Waals surface area contributed by atoms with Gasteiger partial charge in [0.1, 0.15) is 0 Å². The van der Waals surface area contributed by atoms with Gasteiger partial charge in [0.15, 0.2) is 0 Å². The van der Waals surface area contributed by atoms with Crippen LogP contribution in [0.4, 0.5) is 0 Å². The minimum Gasteiger partial charge on any atom is -0.327 e. The lowest BCUT2D eigenvalue weighted by Crippen LogP contribution is -2.40. The minimum atomic E-state index is 0.465. The molecule has 0 bridgehead atoms. The van der Waals surface area contributed by atoms with E-state index in [0.29, 0.717) is 12.1 Å². The van der Waals surface area contributed by atoms with Gasteiger partial charge in [-0.05, 0) is 45.6 Å². The van der Waals surface area contributed by atoms with E-state index in [4.69, 9.17) is 5.73 Å². The van der Waals surface area contributed by atoms with E-state index in [1.54, 1.807) is 0 Å². The molecule has 0 radical (unpaired) electrons. The quantitative estimate of drug-likeness (QED) is 0.676. The molecule has 96 valence electrons. The maximum absolute atomic E-state index is 6.16. The van der Waals surface area contributed by atoms with Crippen molar-refractivity contribution in [2.24, 2.45) is 11.7 Å². The maximum atomic E-state index is 6.16. The Morgan fingerprint density at radius 1 is 1.25 bits per heavy atom. The van der Waals surface area contributed by atoms with Gasteiger partial charge < -0.3 is 10.6 Å². The number of nitrogens with two attached hydrogens (primary N) is 1. The molecule has 1 aliphatic rings. The third-order valence-electron chi connectivity index (χ3n) is 3.97. The summed E-state index contributed by atoms with van der Waals surface area (Å²) in [6.07, 6.45) is 7.95. The van der Waals surface area contributed by atoms with E-state index in [-0.39, 0.29) is 0 Å². The second kappa shape index (κ2) is 7.29. The van der Waals surface area contributed by atoms with Gasteiger partial charge in [0.05, 0.1) is 0 Å². The van der Waals surface area contributed by atoms with Crippen molar-refractivity contribution in [3.05, 3.63) is 0 Å². The standard InChI is InChI=1S/C14H30N2/c1-4-5-6-10-16(12(2)3)11-13-8-7-9-14(13)15/h12-14H,4-11,15H2,1-3H3. The molecule has 2 N–H and O–H groups in total. The fourth-order valence-corrected chi connectivity index (χ4v) is 2.72. The van der Waals surface area contributed by atoms with Crippen LogP contribution >= 0.6 is 0 Å². The highest BCUT2D eigenvalue weighted by Gasteiger charge is 2.26. The van der Waals surface area contributed by atoms with Crippen LogP contribution in [0.15, 0.2) is 0 Å². The highest BCUT2D eigenvalue weighted by atomic mass is 15.1. The van der Waals surface area contributed by atoms with E-state index in [1.807, 2.05) is 0 Å². The average molecular weight is 226 g/mol. The molecule has 1 aliphatic carbocycles. The highest BCUT2D eigenvalue weighted by Crippen LogP contribution is 2.25. The maximum Gasteiger partial charge on any atom is 0.00793 e. The van der Waals surface area contributed by atoms with Gasteiger partial charge in [0.25, 0.3) is 0 Å². The van der Waals surface area contributed by atoms with E-state index in [9.17, 15) is 0 Å². The zero-order chi connectivity index (χ0) is 12.0. The van der Waals surface area contributed by atoms with E-state index >= 15 is 0 Å². The molecule has 2 unspecified atom stereocenters. The monoisotopic (exact) mass is 226 g/mol. The fourth-order valence-electron chi connectivity index (χ4n) is 2.72. The normalized spacial score (nSPS) is 25.9. The van der Waals surface area contributed by atoms with E-state index in [0.717, 1.165) is 5.92 Å². The largest absolute Gasteiger partial charge is 0.327 e. The number of hydrogen-bond acceptors (Lipinski definition) is 2. The van der Waals surface area contributed by atoms with Gasteiger partial charge in [-0.1, -0.05) is 26.2 Å². The summed E-state index contributed by atoms with van der Waals surface area (Å²) in [5, 5.41) is 0. The molecule has 1 rings (SSSR count). The predicted octanol–water partition coefficient (Wildman–Crippen LogP) is 3.01. The molecule has 1 fully saturated rings. The third kappa shape index (κ3) is 4.42. The van der Waals surface area contributed by atoms with Crippen LogP contribution in [0.2, 0.25) is 0 Å². The molecule has 0 aliphatic heterocycles. The van der Waals surface area contributed by atoms with Crippen LogP contribution in [0.25, 0.3) is 0 Å². The number of unbranched alkanes of at least 4 members (excludes halogenated alkanes) is 2. The topological polar surface area (TPSA) is 29.3 Å². The first kappa shape index (κ1) is 14.0. The highest BCUT2D eigenvalue weighted by molar-refractivity contribution is 4.83. The molecule has 0 aromatic heterocycles. The summed E-state index contributed by atoms with van der Waals surface area (Å²) in [7, 11) is 0. The van der Waals surface area contributed by atoms with Gasteiger partial charge in [-0.15, -0.1) is 0 Å². The Bertz CT molecular complexity index is 180. The van der Waals surface area contributed by atoms with Crippen molar-refractivity contribution >= 4 is 0 Å². The Kier molecular flexibility index (Phi) is 6.37. The molecule has 16 heavy (non-hydrogen) atoms. The lowest BCUT2D eigenvalue weighted by Gasteiger charge is -2.30. The lowest BCUT2D eigenvalue weighted by molar-refractivity contribution is 0.178. The zero-order valence-corrected chi connectivity index (χ0v) is 11.4. The van der Waals surface area contributed by atoms with Crippen molar-refractivity contribution < 1.29 is 0 Å². The molecular formula is C14H30N2. The number of rotatable bonds is 7. The summed E-state index contributed by atoms with van der Waals surface area (Å²) in [6, 6.07) is 1.14. The summed E-state index contributed by atoms with van der Waals surface area (Å²) in [4.78, 5) is 2.63. The van der Waals surface area contributed by atoms with Crippen molar-refractivity contribution in [2.45, 2.75) is 71.4 Å². The minimum absolute atomic E-state index is 0.465. The summed E-state index contributed by atoms with van der Waals surface area (Å²) >= 11 is 0. The van der Waals surface area contributed by atoms with Crippen molar-refractivity contribution in [3.8, 4) is 0 Å². The molecule has 0 spiro atoms. The Morgan fingerprint density at radius 2 is 2.00 bits per heavy atom. The molecule has 1 saturated carbocycles. The molecule has 0 aromatic carbocycles. The summed E-state index contributed by atoms with van der Waals surface area (Å²) in [5.41, 5.74) is 6.16. The number of hydrogen-bond donors (Lipinski definition) is 1. The summed E-state index contributed by atoms with van der Waals surface area (Å²) in [5.74, 6) is 0.754. The Morgan fingerprint density at radius 3 is 2.50 bits per heavy atom. The van der Waals surface area contributed by atoms with E-state index in [2.05, 4.69) is 25.7 Å². The Labute approximate surface area is 102 Å². The zero-order valence-electron chi connectivity index (χ0n) is 11.4. The molecule has 2 atom stereocenters. The summed E-state index contributed by atoms with van der Waals surface area (Å²) < 4.78 is 0. The first-order valence-electron chi connectivity index (χ1n) is 7.14. The van der Waals surface area contributed by atoms with Gasteiger partial charge in [-0.2, -0.15) is 0 Å². The lowest BCUT2D eigenvalue weighted by atomic mass is 10.0. The molecule has 2 heteroatoms. The van der Waals surface area contributed by atoms with Crippen molar-refractivity contribution in [1.82, 2.24) is 4.90 Å². The molecule has 2 nitrogen and oxygen atoms in total. The molecular weight excluding hydrogens is 196 g/mol. The average Bonchev–Trinajstić information content (AvgIpc) is 2.63. The van der Waals surface area contributed by atoms with Crippen LogP contribution in [-0.4, -0.2) is 30.1 Å². The predicted molar refractivity (Wildman–Crippen MR) is 71.6 cm³/mol. The van der Waals surface area contributed by atoms with Crippen molar-refractivity contribution in [1.29, 1.82) is 0 Å². The van der Waals surface area contributed by atoms with Crippen LogP contribution in [0.5, 0.6) is 0 Å². The van der Waals surface area contributed by atoms with Crippen LogP contribution in [-0.2, 0) is 0 Å². The van der Waals surface area contributed by atoms with Crippen molar-refractivity contribution in [2.75, 3.05) is 13.1 Å². The second-order valence-electron chi connectivity index (χ2n) is 5.65. The Hall–Kier alpha value is -0.0800. The smallest absolute Gasteiger partial charge is 0.00793 e. The van der Waals surface area contributed by atoms with Gasteiger partial charge in [0, 0.05) is 18.6 Å². The molecule has 0 heterocycles. The van der Waals surface area contributed by atoms with E-state index < -0.39 is 0 Å². The molecule has 0 amide bonds. The third-order valence-corrected chi connectivity index (χ3v) is 3.97. The van der Waals surface area contributed by atoms with Crippen LogP contribution < -0.4 is 5.73 Å². The fraction of sp³-hybridized carbons (Fsp3) is 1.00.